The van der Waals surface area contributed by atoms with Crippen molar-refractivity contribution in [2.24, 2.45) is 5.41 Å². The van der Waals surface area contributed by atoms with Gasteiger partial charge in [0.1, 0.15) is 11.9 Å². The molecule has 1 atom stereocenters. The number of aromatic nitrogens is 1. The number of piperidine rings is 1. The molecule has 0 amide bonds. The highest BCUT2D eigenvalue weighted by atomic mass is 19.2. The summed E-state index contributed by atoms with van der Waals surface area (Å²) in [4.78, 5) is 9.08. The van der Waals surface area contributed by atoms with E-state index >= 15 is 4.39 Å². The smallest absolute Gasteiger partial charge is 0.194 e. The van der Waals surface area contributed by atoms with Crippen LogP contribution in [0.4, 0.5) is 23.2 Å². The van der Waals surface area contributed by atoms with E-state index in [4.69, 9.17) is 9.47 Å². The lowest BCUT2D eigenvalue weighted by atomic mass is 9.74. The number of nitrogens with one attached hydrogen (secondary N) is 1. The molecule has 43 heavy (non-hydrogen) atoms. The number of halogens is 4. The minimum Gasteiger partial charge on any atom is -0.497 e. The summed E-state index contributed by atoms with van der Waals surface area (Å²) in [6.07, 6.45) is 2.78. The molecule has 0 spiro atoms. The minimum atomic E-state index is -1.48. The number of benzene rings is 2. The highest BCUT2D eigenvalue weighted by molar-refractivity contribution is 5.85. The molecule has 5 rings (SSSR count). The van der Waals surface area contributed by atoms with Crippen LogP contribution in [0.5, 0.6) is 5.75 Å². The number of alkyl halides is 1. The molecule has 11 heteroatoms. The van der Waals surface area contributed by atoms with Crippen molar-refractivity contribution in [2.75, 3.05) is 71.5 Å². The van der Waals surface area contributed by atoms with Gasteiger partial charge in [0, 0.05) is 74.3 Å². The van der Waals surface area contributed by atoms with E-state index in [1.807, 2.05) is 18.2 Å². The summed E-state index contributed by atoms with van der Waals surface area (Å²) in [6, 6.07) is 7.41. The van der Waals surface area contributed by atoms with E-state index in [1.54, 1.807) is 13.3 Å². The van der Waals surface area contributed by atoms with Crippen LogP contribution in [0.1, 0.15) is 43.0 Å². The number of aliphatic hydroxyl groups is 1. The van der Waals surface area contributed by atoms with Crippen LogP contribution in [0, 0.1) is 22.9 Å². The standard InChI is InChI=1S/C32H40F4N4O3/c1-42-24-2-3-29-25(18-24)30(22(19-38-29)20-40-12-14-43-15-13-40)26(33)4-5-32(21-41)6-9-39(10-7-32)11-8-37-23-16-27(34)31(36)28(35)17-23/h2-3,16-19,26,37,41H,4-15,20-21H2,1H3/t26-/m0/s1. The van der Waals surface area contributed by atoms with E-state index in [2.05, 4.69) is 20.1 Å². The van der Waals surface area contributed by atoms with Crippen LogP contribution < -0.4 is 10.1 Å². The maximum Gasteiger partial charge on any atom is 0.194 e. The summed E-state index contributed by atoms with van der Waals surface area (Å²) >= 11 is 0. The Morgan fingerprint density at radius 2 is 1.77 bits per heavy atom. The molecule has 2 aliphatic heterocycles. The van der Waals surface area contributed by atoms with E-state index in [9.17, 15) is 18.3 Å². The molecule has 1 aromatic heterocycles. The Kier molecular flexibility index (Phi) is 10.4. The number of fused-ring (bicyclic) bond motifs is 1. The molecule has 0 saturated carbocycles. The van der Waals surface area contributed by atoms with Crippen molar-refractivity contribution in [1.82, 2.24) is 14.8 Å². The van der Waals surface area contributed by atoms with Crippen LogP contribution in [0.2, 0.25) is 0 Å². The topological polar surface area (TPSA) is 70.1 Å². The number of anilines is 1. The largest absolute Gasteiger partial charge is 0.497 e. The zero-order valence-electron chi connectivity index (χ0n) is 24.6. The van der Waals surface area contributed by atoms with Crippen molar-refractivity contribution < 1.29 is 32.1 Å². The second-order valence-electron chi connectivity index (χ2n) is 11.7. The van der Waals surface area contributed by atoms with E-state index in [0.29, 0.717) is 82.0 Å². The highest BCUT2D eigenvalue weighted by Gasteiger charge is 2.35. The van der Waals surface area contributed by atoms with Gasteiger partial charge in [-0.1, -0.05) is 0 Å². The third-order valence-corrected chi connectivity index (χ3v) is 8.93. The fourth-order valence-electron chi connectivity index (χ4n) is 6.19. The van der Waals surface area contributed by atoms with Gasteiger partial charge in [0.05, 0.1) is 25.8 Å². The first kappa shape index (κ1) is 31.4. The summed E-state index contributed by atoms with van der Waals surface area (Å²) in [5.41, 5.74) is 2.01. The Morgan fingerprint density at radius 1 is 1.05 bits per heavy atom. The second kappa shape index (κ2) is 14.2. The van der Waals surface area contributed by atoms with Gasteiger partial charge in [-0.3, -0.25) is 9.88 Å². The van der Waals surface area contributed by atoms with Gasteiger partial charge in [0.15, 0.2) is 17.5 Å². The molecule has 7 nitrogen and oxygen atoms in total. The van der Waals surface area contributed by atoms with Crippen LogP contribution >= 0.6 is 0 Å². The van der Waals surface area contributed by atoms with Gasteiger partial charge in [-0.25, -0.2) is 17.6 Å². The lowest BCUT2D eigenvalue weighted by Gasteiger charge is -2.41. The van der Waals surface area contributed by atoms with Crippen molar-refractivity contribution in [3.05, 3.63) is 65.1 Å². The SMILES string of the molecule is COc1ccc2ncc(CN3CCOCC3)c([C@@H](F)CCC3(CO)CCN(CCNc4cc(F)c(F)c(F)c4)CC3)c2c1. The normalized spacial score (nSPS) is 18.6. The first-order chi connectivity index (χ1) is 20.8. The van der Waals surface area contributed by atoms with Gasteiger partial charge in [-0.05, 0) is 68.0 Å². The summed E-state index contributed by atoms with van der Waals surface area (Å²) < 4.78 is 67.5. The van der Waals surface area contributed by atoms with Crippen LogP contribution in [0.3, 0.4) is 0 Å². The second-order valence-corrected chi connectivity index (χ2v) is 11.7. The minimum absolute atomic E-state index is 0.0223. The van der Waals surface area contributed by atoms with E-state index in [1.165, 1.54) is 0 Å². The number of pyridine rings is 1. The maximum absolute atomic E-state index is 16.4. The van der Waals surface area contributed by atoms with Gasteiger partial charge in [-0.15, -0.1) is 0 Å². The zero-order valence-corrected chi connectivity index (χ0v) is 24.6. The predicted molar refractivity (Wildman–Crippen MR) is 157 cm³/mol. The van der Waals surface area contributed by atoms with Gasteiger partial charge in [-0.2, -0.15) is 0 Å². The molecule has 234 valence electrons. The lowest BCUT2D eigenvalue weighted by Crippen LogP contribution is -2.43. The van der Waals surface area contributed by atoms with Crippen LogP contribution in [-0.4, -0.2) is 86.1 Å². The molecule has 0 unspecified atom stereocenters. The molecule has 2 aliphatic rings. The van der Waals surface area contributed by atoms with Crippen LogP contribution in [0.15, 0.2) is 36.5 Å². The number of likely N-dealkylation sites (tertiary alicyclic amines) is 1. The average Bonchev–Trinajstić information content (AvgIpc) is 3.03. The van der Waals surface area contributed by atoms with E-state index in [0.717, 1.165) is 36.2 Å². The van der Waals surface area contributed by atoms with Crippen molar-refractivity contribution in [3.63, 3.8) is 0 Å². The average molecular weight is 605 g/mol. The number of hydrogen-bond acceptors (Lipinski definition) is 7. The first-order valence-corrected chi connectivity index (χ1v) is 14.9. The number of hydrogen-bond donors (Lipinski definition) is 2. The summed E-state index contributed by atoms with van der Waals surface area (Å²) in [5, 5.41) is 14.1. The number of nitrogens with zero attached hydrogens (tertiary/aromatic N) is 3. The number of aliphatic hydroxyl groups excluding tert-OH is 1. The van der Waals surface area contributed by atoms with Gasteiger partial charge in [0.25, 0.3) is 0 Å². The third-order valence-electron chi connectivity index (χ3n) is 8.93. The lowest BCUT2D eigenvalue weighted by molar-refractivity contribution is 0.0306. The van der Waals surface area contributed by atoms with Gasteiger partial charge < -0.3 is 24.8 Å². The Bertz CT molecular complexity index is 1360. The van der Waals surface area contributed by atoms with Crippen LogP contribution in [0.25, 0.3) is 10.9 Å². The first-order valence-electron chi connectivity index (χ1n) is 14.9. The van der Waals surface area contributed by atoms with Gasteiger partial charge in [0.2, 0.25) is 0 Å². The van der Waals surface area contributed by atoms with Crippen LogP contribution in [-0.2, 0) is 11.3 Å². The Labute approximate surface area is 249 Å². The van der Waals surface area contributed by atoms with Crippen molar-refractivity contribution in [3.8, 4) is 5.75 Å². The fraction of sp³-hybridized carbons (Fsp3) is 0.531. The Morgan fingerprint density at radius 3 is 2.44 bits per heavy atom. The molecular weight excluding hydrogens is 564 g/mol. The summed E-state index contributed by atoms with van der Waals surface area (Å²) in [5.74, 6) is -3.30. The Hall–Kier alpha value is -2.99. The monoisotopic (exact) mass is 604 g/mol. The molecule has 0 aliphatic carbocycles. The fourth-order valence-corrected chi connectivity index (χ4v) is 6.19. The zero-order chi connectivity index (χ0) is 30.4. The molecule has 3 aromatic rings. The highest BCUT2D eigenvalue weighted by Crippen LogP contribution is 2.41. The molecule has 3 heterocycles. The molecule has 0 bridgehead atoms. The predicted octanol–water partition coefficient (Wildman–Crippen LogP) is 5.47. The number of morpholine rings is 1. The third kappa shape index (κ3) is 7.57. The van der Waals surface area contributed by atoms with Gasteiger partial charge >= 0.3 is 0 Å². The molecule has 2 aromatic carbocycles. The number of rotatable bonds is 12. The summed E-state index contributed by atoms with van der Waals surface area (Å²) in [7, 11) is 1.59. The number of ether oxygens (including phenoxy) is 2. The van der Waals surface area contributed by atoms with Crippen molar-refractivity contribution >= 4 is 16.6 Å². The molecular formula is C32H40F4N4O3. The Balaban J connectivity index is 1.22. The molecule has 2 N–H and O–H groups in total. The van der Waals surface area contributed by atoms with E-state index < -0.39 is 23.6 Å². The van der Waals surface area contributed by atoms with Crippen molar-refractivity contribution in [1.29, 1.82) is 0 Å². The summed E-state index contributed by atoms with van der Waals surface area (Å²) in [6.45, 7) is 5.89. The molecule has 0 radical (unpaired) electrons. The maximum atomic E-state index is 16.4. The number of methoxy groups -OCH3 is 1. The molecule has 2 fully saturated rings. The quantitative estimate of drug-likeness (QED) is 0.210. The van der Waals surface area contributed by atoms with E-state index in [-0.39, 0.29) is 24.1 Å². The van der Waals surface area contributed by atoms with Crippen molar-refractivity contribution in [2.45, 2.75) is 38.4 Å². The molecule has 2 saturated heterocycles.